The maximum Gasteiger partial charge on any atom is 0.166 e. The highest BCUT2D eigenvalue weighted by Gasteiger charge is 2.32. The number of ketones is 1. The Morgan fingerprint density at radius 1 is 0.706 bits per heavy atom. The number of halogens is 2. The molecule has 2 aliphatic heterocycles. The Kier molecular flexibility index (Phi) is 7.23. The van der Waals surface area contributed by atoms with E-state index < -0.39 is 11.6 Å². The Morgan fingerprint density at radius 3 is 1.38 bits per heavy atom. The summed E-state index contributed by atoms with van der Waals surface area (Å²) in [5, 5.41) is 0. The summed E-state index contributed by atoms with van der Waals surface area (Å²) in [6.45, 7) is 9.82. The lowest BCUT2D eigenvalue weighted by molar-refractivity contribution is -0.128. The molecule has 7 nitrogen and oxygen atoms in total. The lowest BCUT2D eigenvalue weighted by Gasteiger charge is -2.42. The fourth-order valence-corrected chi connectivity index (χ4v) is 4.87. The molecule has 2 heterocycles. The molecule has 0 aromatic heterocycles. The first-order chi connectivity index (χ1) is 16.2. The van der Waals surface area contributed by atoms with Crippen molar-refractivity contribution >= 4 is 28.5 Å². The maximum absolute atomic E-state index is 13.8. The highest BCUT2D eigenvalue weighted by Crippen LogP contribution is 2.24. The smallest absolute Gasteiger partial charge is 0.166 e. The van der Waals surface area contributed by atoms with Crippen molar-refractivity contribution in [3.63, 3.8) is 0 Å². The molecule has 2 fully saturated rings. The van der Waals surface area contributed by atoms with E-state index in [1.54, 1.807) is 12.1 Å². The summed E-state index contributed by atoms with van der Waals surface area (Å²) in [4.78, 5) is 21.9. The van der Waals surface area contributed by atoms with Gasteiger partial charge in [-0.2, -0.15) is 0 Å². The van der Waals surface area contributed by atoms with Crippen LogP contribution in [0.1, 0.15) is 13.8 Å². The summed E-state index contributed by atoms with van der Waals surface area (Å²) in [6, 6.07) is 9.42. The van der Waals surface area contributed by atoms with Gasteiger partial charge in [-0.25, -0.2) is 8.78 Å². The summed E-state index contributed by atoms with van der Waals surface area (Å²) in [7, 11) is 0. The molecule has 2 saturated heterocycles. The highest BCUT2D eigenvalue weighted by molar-refractivity contribution is 5.88. The third kappa shape index (κ3) is 5.10. The second-order valence-electron chi connectivity index (χ2n) is 9.21. The van der Waals surface area contributed by atoms with Crippen LogP contribution in [0.3, 0.4) is 0 Å². The molecule has 4 rings (SSSR count). The number of hydrogen-bond acceptors (Lipinski definition) is 7. The molecule has 0 aliphatic carbocycles. The number of nitrogens with zero attached hydrogens (tertiary/aromatic N) is 4. The van der Waals surface area contributed by atoms with Crippen LogP contribution in [-0.2, 0) is 4.79 Å². The Balaban J connectivity index is 1.28. The highest BCUT2D eigenvalue weighted by atomic mass is 19.1. The van der Waals surface area contributed by atoms with Crippen LogP contribution in [0.15, 0.2) is 36.4 Å². The Morgan fingerprint density at radius 2 is 1.06 bits per heavy atom. The molecule has 0 amide bonds. The molecule has 34 heavy (non-hydrogen) atoms. The summed E-state index contributed by atoms with van der Waals surface area (Å²) in [5.74, 6) is -0.600. The molecule has 184 valence electrons. The van der Waals surface area contributed by atoms with Crippen molar-refractivity contribution < 1.29 is 13.6 Å². The van der Waals surface area contributed by atoms with Crippen LogP contribution >= 0.6 is 0 Å². The zero-order valence-electron chi connectivity index (χ0n) is 19.9. The van der Waals surface area contributed by atoms with Crippen molar-refractivity contribution in [2.75, 3.05) is 73.6 Å². The lowest BCUT2D eigenvalue weighted by Crippen LogP contribution is -2.57. The van der Waals surface area contributed by atoms with Gasteiger partial charge in [-0.15, -0.1) is 0 Å². The SMILES string of the molecule is CC(C(=O)C(C)N1CCN(c2ccc(N)c(F)c2)CC1)N1CCN(c2ccc(N)c(F)c2)CC1. The number of carbonyl (C=O) groups is 1. The fourth-order valence-electron chi connectivity index (χ4n) is 4.87. The van der Waals surface area contributed by atoms with Crippen molar-refractivity contribution in [1.29, 1.82) is 0 Å². The number of anilines is 4. The van der Waals surface area contributed by atoms with E-state index in [1.807, 2.05) is 26.0 Å². The van der Waals surface area contributed by atoms with E-state index in [-0.39, 0.29) is 29.2 Å². The Hall–Kier alpha value is -2.91. The van der Waals surface area contributed by atoms with Gasteiger partial charge >= 0.3 is 0 Å². The minimum absolute atomic E-state index is 0.150. The van der Waals surface area contributed by atoms with Crippen LogP contribution in [-0.4, -0.2) is 80.0 Å². The van der Waals surface area contributed by atoms with Gasteiger partial charge in [0, 0.05) is 63.7 Å². The molecule has 2 atom stereocenters. The first kappa shape index (κ1) is 24.2. The lowest BCUT2D eigenvalue weighted by atomic mass is 10.0. The second kappa shape index (κ2) is 10.1. The molecule has 2 unspecified atom stereocenters. The van der Waals surface area contributed by atoms with E-state index in [0.717, 1.165) is 63.7 Å². The Labute approximate surface area is 199 Å². The summed E-state index contributed by atoms with van der Waals surface area (Å²) < 4.78 is 27.7. The maximum atomic E-state index is 13.8. The molecule has 2 aromatic carbocycles. The van der Waals surface area contributed by atoms with Crippen molar-refractivity contribution in [2.24, 2.45) is 0 Å². The van der Waals surface area contributed by atoms with Gasteiger partial charge in [0.1, 0.15) is 11.6 Å². The standard InChI is InChI=1S/C25H34F2N6O/c1-17(30-7-11-32(12-8-30)19-3-5-23(28)21(26)15-19)25(34)18(2)31-9-13-33(14-10-31)20-4-6-24(29)22(27)16-20/h3-6,15-18H,7-14,28-29H2,1-2H3. The van der Waals surface area contributed by atoms with Crippen LogP contribution < -0.4 is 21.3 Å². The molecule has 0 bridgehead atoms. The van der Waals surface area contributed by atoms with E-state index in [2.05, 4.69) is 19.6 Å². The molecule has 0 spiro atoms. The van der Waals surface area contributed by atoms with Crippen LogP contribution in [0, 0.1) is 11.6 Å². The number of benzene rings is 2. The van der Waals surface area contributed by atoms with Crippen LogP contribution in [0.5, 0.6) is 0 Å². The van der Waals surface area contributed by atoms with Crippen molar-refractivity contribution in [3.05, 3.63) is 48.0 Å². The average Bonchev–Trinajstić information content (AvgIpc) is 2.86. The summed E-state index contributed by atoms with van der Waals surface area (Å²) in [6.07, 6.45) is 0. The number of rotatable bonds is 6. The monoisotopic (exact) mass is 472 g/mol. The van der Waals surface area contributed by atoms with Crippen molar-refractivity contribution in [2.45, 2.75) is 25.9 Å². The van der Waals surface area contributed by atoms with Crippen molar-refractivity contribution in [1.82, 2.24) is 9.80 Å². The van der Waals surface area contributed by atoms with Crippen LogP contribution in [0.2, 0.25) is 0 Å². The van der Waals surface area contributed by atoms with Gasteiger partial charge in [0.15, 0.2) is 5.78 Å². The van der Waals surface area contributed by atoms with Gasteiger partial charge in [-0.1, -0.05) is 0 Å². The molecule has 2 aromatic rings. The quantitative estimate of drug-likeness (QED) is 0.625. The number of carbonyl (C=O) groups excluding carboxylic acids is 1. The van der Waals surface area contributed by atoms with E-state index >= 15 is 0 Å². The minimum Gasteiger partial charge on any atom is -0.396 e. The second-order valence-corrected chi connectivity index (χ2v) is 9.21. The number of hydrogen-bond donors (Lipinski definition) is 2. The normalized spacial score (nSPS) is 19.8. The molecule has 0 saturated carbocycles. The molecular weight excluding hydrogens is 438 g/mol. The van der Waals surface area contributed by atoms with Crippen LogP contribution in [0.25, 0.3) is 0 Å². The van der Waals surface area contributed by atoms with Gasteiger partial charge in [-0.3, -0.25) is 14.6 Å². The molecular formula is C25H34F2N6O. The van der Waals surface area contributed by atoms with E-state index in [1.165, 1.54) is 12.1 Å². The minimum atomic E-state index is -0.404. The van der Waals surface area contributed by atoms with E-state index in [0.29, 0.717) is 0 Å². The zero-order chi connectivity index (χ0) is 24.4. The summed E-state index contributed by atoms with van der Waals surface area (Å²) >= 11 is 0. The Bertz CT molecular complexity index is 939. The number of piperazine rings is 2. The molecule has 9 heteroatoms. The fraction of sp³-hybridized carbons (Fsp3) is 0.480. The van der Waals surface area contributed by atoms with E-state index in [9.17, 15) is 13.6 Å². The van der Waals surface area contributed by atoms with Gasteiger partial charge in [-0.05, 0) is 50.2 Å². The number of nitrogen functional groups attached to an aromatic ring is 2. The third-order valence-corrected chi connectivity index (χ3v) is 7.25. The first-order valence-electron chi connectivity index (χ1n) is 11.9. The number of nitrogens with two attached hydrogens (primary N) is 2. The molecule has 0 radical (unpaired) electrons. The van der Waals surface area contributed by atoms with Crippen LogP contribution in [0.4, 0.5) is 31.5 Å². The largest absolute Gasteiger partial charge is 0.396 e. The topological polar surface area (TPSA) is 82.1 Å². The van der Waals surface area contributed by atoms with E-state index in [4.69, 9.17) is 11.5 Å². The van der Waals surface area contributed by atoms with Gasteiger partial charge in [0.25, 0.3) is 0 Å². The van der Waals surface area contributed by atoms with Gasteiger partial charge in [0.05, 0.1) is 23.5 Å². The predicted octanol–water partition coefficient (Wildman–Crippen LogP) is 2.42. The summed E-state index contributed by atoms with van der Waals surface area (Å²) in [5.41, 5.74) is 13.1. The predicted molar refractivity (Wildman–Crippen MR) is 133 cm³/mol. The third-order valence-electron chi connectivity index (χ3n) is 7.25. The first-order valence-corrected chi connectivity index (χ1v) is 11.9. The molecule has 2 aliphatic rings. The van der Waals surface area contributed by atoms with Crippen molar-refractivity contribution in [3.8, 4) is 0 Å². The zero-order valence-corrected chi connectivity index (χ0v) is 19.9. The van der Waals surface area contributed by atoms with Gasteiger partial charge < -0.3 is 21.3 Å². The van der Waals surface area contributed by atoms with Gasteiger partial charge in [0.2, 0.25) is 0 Å². The number of Topliss-reactive ketones (excluding diaryl/α,β-unsaturated/α-hetero) is 1. The molecule has 4 N–H and O–H groups in total. The average molecular weight is 473 g/mol.